The molecule has 0 spiro atoms. The van der Waals surface area contributed by atoms with Crippen LogP contribution in [0.4, 0.5) is 0 Å². The van der Waals surface area contributed by atoms with E-state index in [1.165, 1.54) is 327 Å². The average molecular weight is 875 g/mol. The van der Waals surface area contributed by atoms with Crippen LogP contribution < -0.4 is 5.73 Å². The van der Waals surface area contributed by atoms with Crippen molar-refractivity contribution in [2.45, 2.75) is 360 Å². The zero-order chi connectivity index (χ0) is 44.8. The van der Waals surface area contributed by atoms with E-state index in [0.29, 0.717) is 12.8 Å². The lowest BCUT2D eigenvalue weighted by Crippen LogP contribution is -2.09. The molecule has 0 aliphatic rings. The molecule has 4 nitrogen and oxygen atoms in total. The molecule has 0 heterocycles. The van der Waals surface area contributed by atoms with Gasteiger partial charge in [-0.15, -0.1) is 0 Å². The fourth-order valence-corrected chi connectivity index (χ4v) is 9.77. The van der Waals surface area contributed by atoms with E-state index in [-0.39, 0.29) is 5.91 Å². The van der Waals surface area contributed by atoms with Gasteiger partial charge in [-0.25, -0.2) is 0 Å². The maximum absolute atomic E-state index is 10.7. The summed E-state index contributed by atoms with van der Waals surface area (Å²) in [7, 11) is 0. The van der Waals surface area contributed by atoms with Crippen LogP contribution in [0.5, 0.6) is 0 Å². The molecule has 0 rings (SSSR count). The van der Waals surface area contributed by atoms with E-state index in [1.807, 2.05) is 0 Å². The van der Waals surface area contributed by atoms with Crippen LogP contribution >= 0.6 is 0 Å². The van der Waals surface area contributed by atoms with Crippen LogP contribution in [0.15, 0.2) is 0 Å². The molecule has 0 aromatic rings. The number of carbonyl (C=O) groups excluding carboxylic acids is 1. The molecule has 0 aliphatic heterocycles. The van der Waals surface area contributed by atoms with E-state index < -0.39 is 5.97 Å². The quantitative estimate of drug-likeness (QED) is 0.0598. The number of nitrogens with two attached hydrogens (primary N) is 1. The largest absolute Gasteiger partial charge is 0.481 e. The first-order valence-electron chi connectivity index (χ1n) is 29.1. The van der Waals surface area contributed by atoms with E-state index in [1.54, 1.807) is 0 Å². The van der Waals surface area contributed by atoms with Gasteiger partial charge < -0.3 is 10.8 Å². The zero-order valence-corrected chi connectivity index (χ0v) is 42.4. The SMILES string of the molecule is NC(=O)CCCCCCCCCCCCCCCCCCCCCCCCCCCCCCCCCCCCCCCCCCCCCCCCCCCCCCCCC(=O)O. The molecular formula is C58H115NO3. The monoisotopic (exact) mass is 874 g/mol. The van der Waals surface area contributed by atoms with E-state index >= 15 is 0 Å². The molecule has 0 saturated carbocycles. The fraction of sp³-hybridized carbons (Fsp3) is 0.966. The Kier molecular flexibility index (Phi) is 55.1. The lowest BCUT2D eigenvalue weighted by molar-refractivity contribution is -0.137. The van der Waals surface area contributed by atoms with E-state index in [9.17, 15) is 9.59 Å². The topological polar surface area (TPSA) is 80.4 Å². The molecule has 0 fully saturated rings. The summed E-state index contributed by atoms with van der Waals surface area (Å²) in [5.41, 5.74) is 5.19. The van der Waals surface area contributed by atoms with Gasteiger partial charge in [0.05, 0.1) is 0 Å². The molecule has 0 radical (unpaired) electrons. The molecule has 0 unspecified atom stereocenters. The molecule has 370 valence electrons. The van der Waals surface area contributed by atoms with Crippen LogP contribution in [-0.4, -0.2) is 17.0 Å². The third-order valence-electron chi connectivity index (χ3n) is 14.1. The third kappa shape index (κ3) is 58.9. The van der Waals surface area contributed by atoms with Crippen molar-refractivity contribution >= 4 is 11.9 Å². The average Bonchev–Trinajstić information content (AvgIpc) is 3.26. The van der Waals surface area contributed by atoms with Crippen molar-refractivity contribution in [3.05, 3.63) is 0 Å². The zero-order valence-electron chi connectivity index (χ0n) is 42.4. The van der Waals surface area contributed by atoms with Crippen LogP contribution in [0.1, 0.15) is 360 Å². The van der Waals surface area contributed by atoms with Gasteiger partial charge in [0.1, 0.15) is 0 Å². The second kappa shape index (κ2) is 56.1. The molecule has 62 heavy (non-hydrogen) atoms. The number of hydrogen-bond donors (Lipinski definition) is 2. The number of carbonyl (C=O) groups is 2. The number of rotatable bonds is 57. The molecule has 0 aromatic heterocycles. The van der Waals surface area contributed by atoms with Crippen molar-refractivity contribution < 1.29 is 14.7 Å². The highest BCUT2D eigenvalue weighted by Crippen LogP contribution is 2.19. The van der Waals surface area contributed by atoms with Gasteiger partial charge in [-0.2, -0.15) is 0 Å². The van der Waals surface area contributed by atoms with Crippen molar-refractivity contribution in [1.82, 2.24) is 0 Å². The summed E-state index contributed by atoms with van der Waals surface area (Å²) in [4.78, 5) is 21.3. The standard InChI is InChI=1S/C58H115NO3/c59-57(60)55-53-51-49-47-45-43-41-39-37-35-33-31-29-27-25-23-21-19-17-15-13-11-9-7-5-3-1-2-4-6-8-10-12-14-16-18-20-22-24-26-28-30-32-34-36-38-40-42-44-46-48-50-52-54-56-58(61)62/h1-56H2,(H2,59,60)(H,61,62). The van der Waals surface area contributed by atoms with Crippen LogP contribution in [0.3, 0.4) is 0 Å². The Bertz CT molecular complexity index is 777. The lowest BCUT2D eigenvalue weighted by atomic mass is 10.0. The number of carboxylic acids is 1. The number of unbranched alkanes of at least 4 members (excludes halogenated alkanes) is 53. The molecule has 0 aliphatic carbocycles. The number of primary amides is 1. The van der Waals surface area contributed by atoms with E-state index in [0.717, 1.165) is 19.3 Å². The Hall–Kier alpha value is -1.06. The summed E-state index contributed by atoms with van der Waals surface area (Å²) in [6, 6.07) is 0. The van der Waals surface area contributed by atoms with Gasteiger partial charge in [-0.3, -0.25) is 9.59 Å². The first-order chi connectivity index (χ1) is 30.6. The summed E-state index contributed by atoms with van der Waals surface area (Å²) < 4.78 is 0. The second-order valence-electron chi connectivity index (χ2n) is 20.5. The van der Waals surface area contributed by atoms with Gasteiger partial charge in [0.25, 0.3) is 0 Å². The Labute approximate surface area is 390 Å². The molecule has 0 atom stereocenters. The second-order valence-corrected chi connectivity index (χ2v) is 20.5. The van der Waals surface area contributed by atoms with Gasteiger partial charge >= 0.3 is 5.97 Å². The number of hydrogen-bond acceptors (Lipinski definition) is 2. The van der Waals surface area contributed by atoms with Crippen molar-refractivity contribution in [1.29, 1.82) is 0 Å². The molecular weight excluding hydrogens is 759 g/mol. The van der Waals surface area contributed by atoms with Gasteiger partial charge in [-0.1, -0.05) is 334 Å². The summed E-state index contributed by atoms with van der Waals surface area (Å²) in [6.45, 7) is 0. The van der Waals surface area contributed by atoms with Crippen molar-refractivity contribution in [3.8, 4) is 0 Å². The van der Waals surface area contributed by atoms with Gasteiger partial charge in [0.2, 0.25) is 5.91 Å². The van der Waals surface area contributed by atoms with E-state index in [4.69, 9.17) is 10.8 Å². The van der Waals surface area contributed by atoms with Gasteiger partial charge in [0, 0.05) is 12.8 Å². The van der Waals surface area contributed by atoms with Crippen LogP contribution in [0.2, 0.25) is 0 Å². The summed E-state index contributed by atoms with van der Waals surface area (Å²) >= 11 is 0. The Morgan fingerprint density at radius 2 is 0.290 bits per heavy atom. The minimum absolute atomic E-state index is 0.148. The maximum Gasteiger partial charge on any atom is 0.303 e. The molecule has 0 bridgehead atoms. The molecule has 1 amide bonds. The minimum atomic E-state index is -0.648. The highest BCUT2D eigenvalue weighted by molar-refractivity contribution is 5.73. The Morgan fingerprint density at radius 3 is 0.387 bits per heavy atom. The number of aliphatic carboxylic acids is 1. The molecule has 0 aromatic carbocycles. The fourth-order valence-electron chi connectivity index (χ4n) is 9.77. The van der Waals surface area contributed by atoms with Gasteiger partial charge in [-0.05, 0) is 12.8 Å². The van der Waals surface area contributed by atoms with Crippen LogP contribution in [0, 0.1) is 0 Å². The Balaban J connectivity index is 3.07. The van der Waals surface area contributed by atoms with Crippen LogP contribution in [0.25, 0.3) is 0 Å². The highest BCUT2D eigenvalue weighted by atomic mass is 16.4. The lowest BCUT2D eigenvalue weighted by Gasteiger charge is -2.05. The maximum atomic E-state index is 10.7. The molecule has 3 N–H and O–H groups in total. The number of amides is 1. The van der Waals surface area contributed by atoms with Crippen molar-refractivity contribution in [3.63, 3.8) is 0 Å². The predicted molar refractivity (Wildman–Crippen MR) is 275 cm³/mol. The summed E-state index contributed by atoms with van der Waals surface area (Å²) in [5.74, 6) is -0.796. The van der Waals surface area contributed by atoms with E-state index in [2.05, 4.69) is 0 Å². The first-order valence-corrected chi connectivity index (χ1v) is 29.1. The normalized spacial score (nSPS) is 11.5. The smallest absolute Gasteiger partial charge is 0.303 e. The molecule has 0 saturated heterocycles. The first kappa shape index (κ1) is 60.9. The Morgan fingerprint density at radius 1 is 0.194 bits per heavy atom. The number of carboxylic acid groups (broad SMARTS) is 1. The summed E-state index contributed by atoms with van der Waals surface area (Å²) in [6.07, 6.45) is 77.0. The van der Waals surface area contributed by atoms with Crippen molar-refractivity contribution in [2.24, 2.45) is 5.73 Å². The van der Waals surface area contributed by atoms with Gasteiger partial charge in [0.15, 0.2) is 0 Å². The third-order valence-corrected chi connectivity index (χ3v) is 14.1. The van der Waals surface area contributed by atoms with Crippen molar-refractivity contribution in [2.75, 3.05) is 0 Å². The highest BCUT2D eigenvalue weighted by Gasteiger charge is 2.01. The molecule has 4 heteroatoms. The predicted octanol–water partition coefficient (Wildman–Crippen LogP) is 20.4. The van der Waals surface area contributed by atoms with Crippen LogP contribution in [-0.2, 0) is 9.59 Å². The summed E-state index contributed by atoms with van der Waals surface area (Å²) in [5, 5.41) is 8.67. The minimum Gasteiger partial charge on any atom is -0.481 e.